The molecule has 4 rings (SSSR count). The van der Waals surface area contributed by atoms with Gasteiger partial charge in [-0.2, -0.15) is 0 Å². The van der Waals surface area contributed by atoms with Crippen molar-refractivity contribution in [1.29, 1.82) is 0 Å². The van der Waals surface area contributed by atoms with Crippen LogP contribution in [0.5, 0.6) is 5.75 Å². The molecule has 2 aromatic rings. The van der Waals surface area contributed by atoms with E-state index in [1.54, 1.807) is 19.2 Å². The molecule has 2 aliphatic rings. The number of carbonyl (C=O) groups excluding carboxylic acids is 2. The number of nitrogens with one attached hydrogen (secondary N) is 1. The number of nitrogens with zero attached hydrogens (tertiary/aromatic N) is 1. The Morgan fingerprint density at radius 1 is 1.12 bits per heavy atom. The van der Waals surface area contributed by atoms with Crippen molar-refractivity contribution in [2.75, 3.05) is 25.5 Å². The molecule has 2 amide bonds. The lowest BCUT2D eigenvalue weighted by molar-refractivity contribution is -0.128. The highest BCUT2D eigenvalue weighted by Gasteiger charge is 2.45. The van der Waals surface area contributed by atoms with Gasteiger partial charge in [-0.25, -0.2) is 0 Å². The lowest BCUT2D eigenvalue weighted by Gasteiger charge is -2.43. The van der Waals surface area contributed by atoms with Crippen molar-refractivity contribution >= 4 is 17.5 Å². The molecule has 0 aliphatic carbocycles. The number of ether oxygens (including phenoxy) is 1. The topological polar surface area (TPSA) is 58.6 Å². The van der Waals surface area contributed by atoms with E-state index in [2.05, 4.69) is 11.4 Å². The maximum atomic E-state index is 12.8. The Kier molecular flexibility index (Phi) is 4.15. The molecule has 1 spiro atoms. The summed E-state index contributed by atoms with van der Waals surface area (Å²) in [7, 11) is 1.59. The third-order valence-corrected chi connectivity index (χ3v) is 5.60. The number of hydrogen-bond donors (Lipinski definition) is 1. The maximum Gasteiger partial charge on any atom is 0.253 e. The van der Waals surface area contributed by atoms with Crippen molar-refractivity contribution in [2.45, 2.75) is 19.3 Å². The maximum absolute atomic E-state index is 12.8. The number of amides is 2. The van der Waals surface area contributed by atoms with Crippen LogP contribution in [0.4, 0.5) is 5.69 Å². The molecule has 2 heterocycles. The van der Waals surface area contributed by atoms with Crippen LogP contribution in [-0.2, 0) is 11.2 Å². The molecule has 0 radical (unpaired) electrons. The normalized spacial score (nSPS) is 18.2. The zero-order valence-corrected chi connectivity index (χ0v) is 14.8. The molecular formula is C21H22N2O3. The van der Waals surface area contributed by atoms with Crippen LogP contribution in [-0.4, -0.2) is 36.9 Å². The fraction of sp³-hybridized carbons (Fsp3) is 0.333. The first kappa shape index (κ1) is 16.6. The van der Waals surface area contributed by atoms with E-state index in [0.29, 0.717) is 37.2 Å². The Balaban J connectivity index is 1.49. The van der Waals surface area contributed by atoms with Gasteiger partial charge in [-0.05, 0) is 49.1 Å². The molecule has 1 fully saturated rings. The molecule has 134 valence electrons. The number of benzene rings is 2. The summed E-state index contributed by atoms with van der Waals surface area (Å²) in [5.41, 5.74) is 2.32. The van der Waals surface area contributed by atoms with E-state index in [-0.39, 0.29) is 11.8 Å². The Hall–Kier alpha value is -2.82. The monoisotopic (exact) mass is 350 g/mol. The quantitative estimate of drug-likeness (QED) is 0.905. The van der Waals surface area contributed by atoms with E-state index < -0.39 is 5.41 Å². The van der Waals surface area contributed by atoms with Crippen molar-refractivity contribution in [3.8, 4) is 5.75 Å². The number of anilines is 1. The molecule has 0 atom stereocenters. The first-order chi connectivity index (χ1) is 12.6. The van der Waals surface area contributed by atoms with Crippen LogP contribution < -0.4 is 10.1 Å². The largest absolute Gasteiger partial charge is 0.497 e. The van der Waals surface area contributed by atoms with Crippen LogP contribution >= 0.6 is 0 Å². The summed E-state index contributed by atoms with van der Waals surface area (Å²) in [4.78, 5) is 27.4. The van der Waals surface area contributed by atoms with Gasteiger partial charge in [0.25, 0.3) is 5.91 Å². The van der Waals surface area contributed by atoms with Gasteiger partial charge in [-0.15, -0.1) is 0 Å². The lowest BCUT2D eigenvalue weighted by Crippen LogP contribution is -2.51. The van der Waals surface area contributed by atoms with Gasteiger partial charge in [0.1, 0.15) is 5.75 Å². The fourth-order valence-corrected chi connectivity index (χ4v) is 3.98. The predicted octanol–water partition coefficient (Wildman–Crippen LogP) is 3.11. The average Bonchev–Trinajstić information content (AvgIpc) is 2.69. The minimum absolute atomic E-state index is 0.00429. The third-order valence-electron chi connectivity index (χ3n) is 5.60. The fourth-order valence-electron chi connectivity index (χ4n) is 3.98. The molecule has 0 saturated carbocycles. The number of piperidine rings is 1. The molecule has 5 heteroatoms. The van der Waals surface area contributed by atoms with Crippen LogP contribution in [0.15, 0.2) is 48.5 Å². The predicted molar refractivity (Wildman–Crippen MR) is 99.3 cm³/mol. The molecule has 0 unspecified atom stereocenters. The Morgan fingerprint density at radius 3 is 2.65 bits per heavy atom. The molecule has 0 bridgehead atoms. The molecule has 1 saturated heterocycles. The molecule has 5 nitrogen and oxygen atoms in total. The van der Waals surface area contributed by atoms with Crippen molar-refractivity contribution in [1.82, 2.24) is 4.90 Å². The first-order valence-corrected chi connectivity index (χ1v) is 8.94. The zero-order chi connectivity index (χ0) is 18.1. The van der Waals surface area contributed by atoms with Gasteiger partial charge in [0.05, 0.1) is 12.5 Å². The van der Waals surface area contributed by atoms with Gasteiger partial charge in [0.2, 0.25) is 5.91 Å². The second-order valence-corrected chi connectivity index (χ2v) is 7.09. The Bertz CT molecular complexity index is 854. The molecular weight excluding hydrogens is 328 g/mol. The summed E-state index contributed by atoms with van der Waals surface area (Å²) >= 11 is 0. The Labute approximate surface area is 153 Å². The molecule has 26 heavy (non-hydrogen) atoms. The van der Waals surface area contributed by atoms with Crippen LogP contribution in [0.2, 0.25) is 0 Å². The van der Waals surface area contributed by atoms with Crippen LogP contribution in [0.25, 0.3) is 0 Å². The van der Waals surface area contributed by atoms with E-state index in [1.165, 1.54) is 5.56 Å². The number of likely N-dealkylation sites (tertiary alicyclic amines) is 1. The third kappa shape index (κ3) is 2.83. The highest BCUT2D eigenvalue weighted by Crippen LogP contribution is 2.41. The minimum atomic E-state index is -0.403. The van der Waals surface area contributed by atoms with Gasteiger partial charge in [0, 0.05) is 24.3 Å². The van der Waals surface area contributed by atoms with Crippen LogP contribution in [0, 0.1) is 5.41 Å². The van der Waals surface area contributed by atoms with Gasteiger partial charge in [0.15, 0.2) is 0 Å². The van der Waals surface area contributed by atoms with Gasteiger partial charge in [-0.1, -0.05) is 24.3 Å². The first-order valence-electron chi connectivity index (χ1n) is 8.94. The average molecular weight is 350 g/mol. The standard InChI is InChI=1S/C21H22N2O3/c1-26-17-7-4-6-15(13-17)19(24)23-11-9-21(10-12-23)14-16-5-2-3-8-18(16)22-20(21)25/h2-8,13H,9-12,14H2,1H3,(H,22,25). The summed E-state index contributed by atoms with van der Waals surface area (Å²) < 4.78 is 5.21. The van der Waals surface area contributed by atoms with E-state index in [0.717, 1.165) is 12.1 Å². The van der Waals surface area contributed by atoms with Crippen LogP contribution in [0.1, 0.15) is 28.8 Å². The number of para-hydroxylation sites is 1. The van der Waals surface area contributed by atoms with Crippen LogP contribution in [0.3, 0.4) is 0 Å². The SMILES string of the molecule is COc1cccc(C(=O)N2CCC3(CC2)Cc2ccccc2NC3=O)c1. The van der Waals surface area contributed by atoms with Crippen molar-refractivity contribution in [3.63, 3.8) is 0 Å². The number of hydrogen-bond acceptors (Lipinski definition) is 3. The number of methoxy groups -OCH3 is 1. The molecule has 0 aromatic heterocycles. The van der Waals surface area contributed by atoms with Crippen molar-refractivity contribution in [3.05, 3.63) is 59.7 Å². The molecule has 2 aromatic carbocycles. The van der Waals surface area contributed by atoms with Gasteiger partial charge >= 0.3 is 0 Å². The lowest BCUT2D eigenvalue weighted by atomic mass is 9.71. The highest BCUT2D eigenvalue weighted by molar-refractivity contribution is 5.99. The summed E-state index contributed by atoms with van der Waals surface area (Å²) in [5.74, 6) is 0.757. The van der Waals surface area contributed by atoms with E-state index in [1.807, 2.05) is 35.2 Å². The Morgan fingerprint density at radius 2 is 1.88 bits per heavy atom. The van der Waals surface area contributed by atoms with Gasteiger partial charge < -0.3 is 15.0 Å². The van der Waals surface area contributed by atoms with Crippen molar-refractivity contribution in [2.24, 2.45) is 5.41 Å². The smallest absolute Gasteiger partial charge is 0.253 e. The highest BCUT2D eigenvalue weighted by atomic mass is 16.5. The summed E-state index contributed by atoms with van der Waals surface area (Å²) in [6.45, 7) is 1.18. The number of carbonyl (C=O) groups is 2. The molecule has 1 N–H and O–H groups in total. The summed E-state index contributed by atoms with van der Waals surface area (Å²) in [6.07, 6.45) is 2.11. The van der Waals surface area contributed by atoms with E-state index in [4.69, 9.17) is 4.74 Å². The second-order valence-electron chi connectivity index (χ2n) is 7.09. The summed E-state index contributed by atoms with van der Waals surface area (Å²) in [5, 5.41) is 3.05. The molecule has 2 aliphatic heterocycles. The second kappa shape index (κ2) is 6.48. The minimum Gasteiger partial charge on any atom is -0.497 e. The van der Waals surface area contributed by atoms with E-state index >= 15 is 0 Å². The summed E-state index contributed by atoms with van der Waals surface area (Å²) in [6, 6.07) is 15.2. The number of rotatable bonds is 2. The zero-order valence-electron chi connectivity index (χ0n) is 14.8. The number of fused-ring (bicyclic) bond motifs is 1. The van der Waals surface area contributed by atoms with Gasteiger partial charge in [-0.3, -0.25) is 9.59 Å². The van der Waals surface area contributed by atoms with E-state index in [9.17, 15) is 9.59 Å². The van der Waals surface area contributed by atoms with Crippen molar-refractivity contribution < 1.29 is 14.3 Å².